The van der Waals surface area contributed by atoms with Gasteiger partial charge in [-0.3, -0.25) is 24.2 Å². The van der Waals surface area contributed by atoms with Crippen LogP contribution < -0.4 is 0 Å². The fourth-order valence-electron chi connectivity index (χ4n) is 2.34. The van der Waals surface area contributed by atoms with Crippen LogP contribution in [0.5, 0.6) is 0 Å². The molecule has 6 heteroatoms. The number of nitrogens with zero attached hydrogens (tertiary/aromatic N) is 2. The minimum atomic E-state index is -0.805. The molecule has 1 N–H and O–H groups in total. The molecule has 0 spiro atoms. The van der Waals surface area contributed by atoms with Crippen molar-refractivity contribution in [3.63, 3.8) is 0 Å². The smallest absolute Gasteiger partial charge is 0.306 e. The van der Waals surface area contributed by atoms with Crippen molar-refractivity contribution in [2.45, 2.75) is 19.4 Å². The predicted octanol–water partition coefficient (Wildman–Crippen LogP) is -0.604. The van der Waals surface area contributed by atoms with E-state index in [1.807, 2.05) is 4.90 Å². The summed E-state index contributed by atoms with van der Waals surface area (Å²) in [5.74, 6) is -1.44. The molecule has 0 aromatic rings. The Bertz CT molecular complexity index is 376. The number of likely N-dealkylation sites (tertiary alicyclic amines) is 2. The number of carboxylic acids is 1. The molecule has 94 valence electrons. The van der Waals surface area contributed by atoms with Gasteiger partial charge in [0.25, 0.3) is 0 Å². The van der Waals surface area contributed by atoms with Crippen molar-refractivity contribution in [2.24, 2.45) is 11.8 Å². The maximum absolute atomic E-state index is 11.7. The van der Waals surface area contributed by atoms with E-state index >= 15 is 0 Å². The van der Waals surface area contributed by atoms with Gasteiger partial charge in [0, 0.05) is 20.1 Å². The molecule has 2 amide bonds. The van der Waals surface area contributed by atoms with Gasteiger partial charge >= 0.3 is 5.97 Å². The van der Waals surface area contributed by atoms with Gasteiger partial charge < -0.3 is 5.11 Å². The van der Waals surface area contributed by atoms with Crippen molar-refractivity contribution < 1.29 is 19.5 Å². The van der Waals surface area contributed by atoms with Crippen molar-refractivity contribution in [1.82, 2.24) is 9.80 Å². The summed E-state index contributed by atoms with van der Waals surface area (Å²) in [6.45, 7) is 2.86. The van der Waals surface area contributed by atoms with Gasteiger partial charge in [-0.2, -0.15) is 0 Å². The Hall–Kier alpha value is -1.43. The van der Waals surface area contributed by atoms with Crippen LogP contribution in [0.25, 0.3) is 0 Å². The third-order valence-corrected chi connectivity index (χ3v) is 3.83. The average molecular weight is 240 g/mol. The van der Waals surface area contributed by atoms with E-state index in [1.165, 1.54) is 7.05 Å². The summed E-state index contributed by atoms with van der Waals surface area (Å²) in [5.41, 5.74) is 0. The molecule has 2 atom stereocenters. The van der Waals surface area contributed by atoms with Gasteiger partial charge in [-0.25, -0.2) is 0 Å². The van der Waals surface area contributed by atoms with E-state index < -0.39 is 11.9 Å². The van der Waals surface area contributed by atoms with Gasteiger partial charge in [0.1, 0.15) is 0 Å². The van der Waals surface area contributed by atoms with Gasteiger partial charge in [0.2, 0.25) is 11.8 Å². The molecule has 0 aromatic carbocycles. The number of carbonyl (C=O) groups excluding carboxylic acids is 2. The van der Waals surface area contributed by atoms with E-state index in [1.54, 1.807) is 6.92 Å². The maximum atomic E-state index is 11.7. The van der Waals surface area contributed by atoms with E-state index in [0.717, 1.165) is 4.90 Å². The molecule has 2 rings (SSSR count). The molecule has 2 fully saturated rings. The van der Waals surface area contributed by atoms with Crippen LogP contribution in [-0.2, 0) is 14.4 Å². The monoisotopic (exact) mass is 240 g/mol. The minimum absolute atomic E-state index is 0.0845. The van der Waals surface area contributed by atoms with Crippen LogP contribution in [0.1, 0.15) is 13.3 Å². The van der Waals surface area contributed by atoms with Crippen molar-refractivity contribution in [1.29, 1.82) is 0 Å². The highest BCUT2D eigenvalue weighted by atomic mass is 16.4. The zero-order chi connectivity index (χ0) is 12.7. The van der Waals surface area contributed by atoms with Crippen LogP contribution in [0.3, 0.4) is 0 Å². The first-order valence-electron chi connectivity index (χ1n) is 5.69. The molecule has 2 unspecified atom stereocenters. The van der Waals surface area contributed by atoms with Gasteiger partial charge in [-0.15, -0.1) is 0 Å². The summed E-state index contributed by atoms with van der Waals surface area (Å²) >= 11 is 0. The molecule has 0 bridgehead atoms. The minimum Gasteiger partial charge on any atom is -0.481 e. The van der Waals surface area contributed by atoms with E-state index in [9.17, 15) is 14.4 Å². The second kappa shape index (κ2) is 4.10. The second-order valence-corrected chi connectivity index (χ2v) is 4.85. The number of imide groups is 1. The van der Waals surface area contributed by atoms with Crippen molar-refractivity contribution in [2.75, 3.05) is 20.1 Å². The molecular weight excluding hydrogens is 224 g/mol. The standard InChI is InChI=1S/C11H16N2O4/c1-6(11(16)17)7-4-13(5-7)8-3-9(14)12(2)10(8)15/h6-8H,3-5H2,1-2H3,(H,16,17). The fraction of sp³-hybridized carbons (Fsp3) is 0.727. The quantitative estimate of drug-likeness (QED) is 0.666. The lowest BCUT2D eigenvalue weighted by Gasteiger charge is -2.43. The van der Waals surface area contributed by atoms with Crippen LogP contribution in [0.4, 0.5) is 0 Å². The van der Waals surface area contributed by atoms with Crippen molar-refractivity contribution in [3.8, 4) is 0 Å². The summed E-state index contributed by atoms with van der Waals surface area (Å²) in [6, 6.07) is -0.371. The third-order valence-electron chi connectivity index (χ3n) is 3.83. The Kier molecular flexibility index (Phi) is 2.91. The summed E-state index contributed by atoms with van der Waals surface area (Å²) < 4.78 is 0. The highest BCUT2D eigenvalue weighted by Gasteiger charge is 2.46. The molecule has 0 saturated carbocycles. The molecule has 6 nitrogen and oxygen atoms in total. The van der Waals surface area contributed by atoms with E-state index in [0.29, 0.717) is 13.1 Å². The average Bonchev–Trinajstić information content (AvgIpc) is 2.44. The molecule has 2 aliphatic heterocycles. The van der Waals surface area contributed by atoms with Crippen molar-refractivity contribution in [3.05, 3.63) is 0 Å². The molecule has 17 heavy (non-hydrogen) atoms. The first-order valence-corrected chi connectivity index (χ1v) is 5.69. The van der Waals surface area contributed by atoms with Crippen LogP contribution in [-0.4, -0.2) is 58.9 Å². The number of aliphatic carboxylic acids is 1. The number of carbonyl (C=O) groups is 3. The Labute approximate surface area is 99.2 Å². The molecule has 2 saturated heterocycles. The molecular formula is C11H16N2O4. The van der Waals surface area contributed by atoms with E-state index in [-0.39, 0.29) is 30.2 Å². The van der Waals surface area contributed by atoms with Gasteiger partial charge in [-0.05, 0) is 5.92 Å². The number of carboxylic acid groups (broad SMARTS) is 1. The Morgan fingerprint density at radius 1 is 1.41 bits per heavy atom. The fourth-order valence-corrected chi connectivity index (χ4v) is 2.34. The zero-order valence-corrected chi connectivity index (χ0v) is 9.92. The van der Waals surface area contributed by atoms with Gasteiger partial charge in [-0.1, -0.05) is 6.92 Å². The van der Waals surface area contributed by atoms with Crippen LogP contribution in [0.15, 0.2) is 0 Å². The Morgan fingerprint density at radius 2 is 2.00 bits per heavy atom. The summed E-state index contributed by atoms with van der Waals surface area (Å²) in [7, 11) is 1.49. The van der Waals surface area contributed by atoms with Crippen LogP contribution in [0, 0.1) is 11.8 Å². The normalized spacial score (nSPS) is 28.4. The largest absolute Gasteiger partial charge is 0.481 e. The molecule has 2 aliphatic rings. The highest BCUT2D eigenvalue weighted by Crippen LogP contribution is 2.29. The summed E-state index contributed by atoms with van der Waals surface area (Å²) in [4.78, 5) is 36.9. The number of hydrogen-bond donors (Lipinski definition) is 1. The maximum Gasteiger partial charge on any atom is 0.306 e. The summed E-state index contributed by atoms with van der Waals surface area (Å²) in [5, 5.41) is 8.86. The lowest BCUT2D eigenvalue weighted by atomic mass is 9.86. The number of amides is 2. The van der Waals surface area contributed by atoms with Gasteiger partial charge in [0.05, 0.1) is 18.4 Å². The SMILES string of the molecule is CC(C(=O)O)C1CN(C2CC(=O)N(C)C2=O)C1. The zero-order valence-electron chi connectivity index (χ0n) is 9.92. The van der Waals surface area contributed by atoms with Crippen molar-refractivity contribution >= 4 is 17.8 Å². The highest BCUT2D eigenvalue weighted by molar-refractivity contribution is 6.05. The van der Waals surface area contributed by atoms with Crippen LogP contribution >= 0.6 is 0 Å². The first-order chi connectivity index (χ1) is 7.91. The number of likely N-dealkylation sites (N-methyl/N-ethyl adjacent to an activating group) is 1. The molecule has 0 radical (unpaired) electrons. The molecule has 0 aliphatic carbocycles. The molecule has 2 heterocycles. The van der Waals surface area contributed by atoms with E-state index in [4.69, 9.17) is 5.11 Å². The number of hydrogen-bond acceptors (Lipinski definition) is 4. The third kappa shape index (κ3) is 1.93. The second-order valence-electron chi connectivity index (χ2n) is 4.85. The first kappa shape index (κ1) is 12.0. The number of rotatable bonds is 3. The predicted molar refractivity (Wildman–Crippen MR) is 58.0 cm³/mol. The Balaban J connectivity index is 1.91. The molecule has 0 aromatic heterocycles. The topological polar surface area (TPSA) is 77.9 Å². The van der Waals surface area contributed by atoms with Gasteiger partial charge in [0.15, 0.2) is 0 Å². The van der Waals surface area contributed by atoms with E-state index in [2.05, 4.69) is 0 Å². The Morgan fingerprint density at radius 3 is 2.41 bits per heavy atom. The van der Waals surface area contributed by atoms with Crippen LogP contribution in [0.2, 0.25) is 0 Å². The summed E-state index contributed by atoms with van der Waals surface area (Å²) in [6.07, 6.45) is 0.226. The lowest BCUT2D eigenvalue weighted by molar-refractivity contribution is -0.146. The lowest BCUT2D eigenvalue weighted by Crippen LogP contribution is -2.57.